The first kappa shape index (κ1) is 23.0. The van der Waals surface area contributed by atoms with Crippen LogP contribution >= 0.6 is 0 Å². The van der Waals surface area contributed by atoms with Crippen molar-refractivity contribution in [2.24, 2.45) is 0 Å². The fraction of sp³-hybridized carbons (Fsp3) is 0.500. The van der Waals surface area contributed by atoms with Gasteiger partial charge < -0.3 is 9.47 Å². The predicted octanol–water partition coefficient (Wildman–Crippen LogP) is 7.34. The molecule has 0 bridgehead atoms. The summed E-state index contributed by atoms with van der Waals surface area (Å²) in [5.74, 6) is 0.496. The zero-order valence-electron chi connectivity index (χ0n) is 17.9. The fourth-order valence-corrected chi connectivity index (χ4v) is 3.27. The number of rotatable bonds is 15. The van der Waals surface area contributed by atoms with E-state index in [9.17, 15) is 4.79 Å². The molecule has 3 nitrogen and oxygen atoms in total. The van der Waals surface area contributed by atoms with Crippen molar-refractivity contribution in [2.45, 2.75) is 77.7 Å². The van der Waals surface area contributed by atoms with Gasteiger partial charge in [0.1, 0.15) is 12.4 Å². The molecule has 0 aliphatic rings. The predicted molar refractivity (Wildman–Crippen MR) is 119 cm³/mol. The molecule has 0 radical (unpaired) electrons. The number of esters is 1. The van der Waals surface area contributed by atoms with E-state index in [0.717, 1.165) is 24.2 Å². The summed E-state index contributed by atoms with van der Waals surface area (Å²) >= 11 is 0. The number of carbonyl (C=O) groups is 1. The standard InChI is InChI=1S/C26H36O3/c1-2-3-4-5-6-7-8-9-10-14-21-28-26(27)24-17-19-25(20-18-24)29-22-23-15-12-11-13-16-23/h11-13,15-20H,2-10,14,21-22H2,1H3. The molecule has 0 N–H and O–H groups in total. The van der Waals surface area contributed by atoms with Crippen LogP contribution in [-0.4, -0.2) is 12.6 Å². The second-order valence-corrected chi connectivity index (χ2v) is 7.62. The molecule has 0 amide bonds. The van der Waals surface area contributed by atoms with Crippen molar-refractivity contribution in [3.05, 3.63) is 65.7 Å². The maximum absolute atomic E-state index is 12.1. The summed E-state index contributed by atoms with van der Waals surface area (Å²) in [6.07, 6.45) is 12.7. The lowest BCUT2D eigenvalue weighted by Gasteiger charge is -2.08. The van der Waals surface area contributed by atoms with Crippen LogP contribution in [0.25, 0.3) is 0 Å². The Kier molecular flexibility index (Phi) is 11.6. The highest BCUT2D eigenvalue weighted by Gasteiger charge is 2.07. The van der Waals surface area contributed by atoms with E-state index in [4.69, 9.17) is 9.47 Å². The number of unbranched alkanes of at least 4 members (excludes halogenated alkanes) is 9. The van der Waals surface area contributed by atoms with E-state index in [1.54, 1.807) is 12.1 Å². The fourth-order valence-electron chi connectivity index (χ4n) is 3.27. The molecule has 0 spiro atoms. The lowest BCUT2D eigenvalue weighted by Crippen LogP contribution is -2.06. The van der Waals surface area contributed by atoms with Gasteiger partial charge in [0.15, 0.2) is 0 Å². The summed E-state index contributed by atoms with van der Waals surface area (Å²) in [6, 6.07) is 17.2. The van der Waals surface area contributed by atoms with Gasteiger partial charge in [-0.2, -0.15) is 0 Å². The highest BCUT2D eigenvalue weighted by molar-refractivity contribution is 5.89. The first-order chi connectivity index (χ1) is 14.3. The average Bonchev–Trinajstić information content (AvgIpc) is 2.77. The van der Waals surface area contributed by atoms with Crippen LogP contribution in [0.3, 0.4) is 0 Å². The van der Waals surface area contributed by atoms with Crippen LogP contribution in [-0.2, 0) is 11.3 Å². The SMILES string of the molecule is CCCCCCCCCCCCOC(=O)c1ccc(OCc2ccccc2)cc1. The summed E-state index contributed by atoms with van der Waals surface area (Å²) in [6.45, 7) is 3.27. The molecule has 0 atom stereocenters. The van der Waals surface area contributed by atoms with Gasteiger partial charge in [-0.15, -0.1) is 0 Å². The Morgan fingerprint density at radius 1 is 0.724 bits per heavy atom. The van der Waals surface area contributed by atoms with E-state index in [2.05, 4.69) is 6.92 Å². The zero-order chi connectivity index (χ0) is 20.6. The van der Waals surface area contributed by atoms with Crippen LogP contribution in [0.4, 0.5) is 0 Å². The molecule has 0 unspecified atom stereocenters. The molecule has 0 fully saturated rings. The van der Waals surface area contributed by atoms with Crippen molar-refractivity contribution >= 4 is 5.97 Å². The minimum Gasteiger partial charge on any atom is -0.489 e. The second-order valence-electron chi connectivity index (χ2n) is 7.62. The van der Waals surface area contributed by atoms with Gasteiger partial charge in [-0.1, -0.05) is 95.0 Å². The molecule has 2 rings (SSSR count). The van der Waals surface area contributed by atoms with Gasteiger partial charge in [0, 0.05) is 0 Å². The molecule has 0 aliphatic carbocycles. The van der Waals surface area contributed by atoms with Gasteiger partial charge in [0.25, 0.3) is 0 Å². The van der Waals surface area contributed by atoms with Gasteiger partial charge >= 0.3 is 5.97 Å². The highest BCUT2D eigenvalue weighted by atomic mass is 16.5. The third kappa shape index (κ3) is 10.2. The quantitative estimate of drug-likeness (QED) is 0.233. The molecule has 0 heterocycles. The van der Waals surface area contributed by atoms with Crippen LogP contribution in [0.2, 0.25) is 0 Å². The summed E-state index contributed by atoms with van der Waals surface area (Å²) in [5, 5.41) is 0. The van der Waals surface area contributed by atoms with Crippen molar-refractivity contribution in [2.75, 3.05) is 6.61 Å². The average molecular weight is 397 g/mol. The van der Waals surface area contributed by atoms with Crippen LogP contribution in [0.15, 0.2) is 54.6 Å². The van der Waals surface area contributed by atoms with Crippen molar-refractivity contribution in [1.29, 1.82) is 0 Å². The van der Waals surface area contributed by atoms with Gasteiger partial charge in [-0.05, 0) is 36.2 Å². The summed E-state index contributed by atoms with van der Waals surface area (Å²) < 4.78 is 11.1. The Bertz CT molecular complexity index is 664. The van der Waals surface area contributed by atoms with Gasteiger partial charge in [0.2, 0.25) is 0 Å². The Morgan fingerprint density at radius 3 is 1.93 bits per heavy atom. The van der Waals surface area contributed by atoms with Crippen LogP contribution in [0.5, 0.6) is 5.75 Å². The van der Waals surface area contributed by atoms with Crippen LogP contribution < -0.4 is 4.74 Å². The summed E-state index contributed by atoms with van der Waals surface area (Å²) in [5.41, 5.74) is 1.69. The minimum atomic E-state index is -0.254. The monoisotopic (exact) mass is 396 g/mol. The molecule has 29 heavy (non-hydrogen) atoms. The maximum Gasteiger partial charge on any atom is 0.338 e. The molecule has 2 aromatic rings. The Morgan fingerprint density at radius 2 is 1.31 bits per heavy atom. The largest absolute Gasteiger partial charge is 0.489 e. The molecular formula is C26H36O3. The second kappa shape index (κ2) is 14.7. The highest BCUT2D eigenvalue weighted by Crippen LogP contribution is 2.15. The van der Waals surface area contributed by atoms with Crippen LogP contribution in [0, 0.1) is 0 Å². The van der Waals surface area contributed by atoms with Crippen molar-refractivity contribution < 1.29 is 14.3 Å². The van der Waals surface area contributed by atoms with E-state index >= 15 is 0 Å². The zero-order valence-corrected chi connectivity index (χ0v) is 17.9. The normalized spacial score (nSPS) is 10.7. The maximum atomic E-state index is 12.1. The number of benzene rings is 2. The minimum absolute atomic E-state index is 0.254. The smallest absolute Gasteiger partial charge is 0.338 e. The molecule has 3 heteroatoms. The lowest BCUT2D eigenvalue weighted by atomic mass is 10.1. The first-order valence-corrected chi connectivity index (χ1v) is 11.2. The van der Waals surface area contributed by atoms with Crippen molar-refractivity contribution in [1.82, 2.24) is 0 Å². The van der Waals surface area contributed by atoms with Crippen molar-refractivity contribution in [3.8, 4) is 5.75 Å². The Labute approximate surface area is 176 Å². The van der Waals surface area contributed by atoms with E-state index in [-0.39, 0.29) is 5.97 Å². The summed E-state index contributed by atoms with van der Waals surface area (Å²) in [7, 11) is 0. The third-order valence-corrected chi connectivity index (χ3v) is 5.07. The Balaban J connectivity index is 1.53. The number of hydrogen-bond donors (Lipinski definition) is 0. The first-order valence-electron chi connectivity index (χ1n) is 11.2. The molecule has 0 saturated heterocycles. The topological polar surface area (TPSA) is 35.5 Å². The number of ether oxygens (including phenoxy) is 2. The molecule has 0 saturated carbocycles. The van der Waals surface area contributed by atoms with Gasteiger partial charge in [0.05, 0.1) is 12.2 Å². The van der Waals surface area contributed by atoms with E-state index in [0.29, 0.717) is 18.8 Å². The van der Waals surface area contributed by atoms with E-state index in [1.807, 2.05) is 42.5 Å². The molecule has 2 aromatic carbocycles. The van der Waals surface area contributed by atoms with Crippen molar-refractivity contribution in [3.63, 3.8) is 0 Å². The number of carbonyl (C=O) groups excluding carboxylic acids is 1. The number of hydrogen-bond acceptors (Lipinski definition) is 3. The van der Waals surface area contributed by atoms with E-state index in [1.165, 1.54) is 51.4 Å². The molecule has 0 aromatic heterocycles. The van der Waals surface area contributed by atoms with Crippen LogP contribution in [0.1, 0.15) is 87.1 Å². The molecule has 158 valence electrons. The van der Waals surface area contributed by atoms with Gasteiger partial charge in [-0.3, -0.25) is 0 Å². The Hall–Kier alpha value is -2.29. The summed E-state index contributed by atoms with van der Waals surface area (Å²) in [4.78, 5) is 12.1. The molecule has 0 aliphatic heterocycles. The van der Waals surface area contributed by atoms with E-state index < -0.39 is 0 Å². The third-order valence-electron chi connectivity index (χ3n) is 5.07. The lowest BCUT2D eigenvalue weighted by molar-refractivity contribution is 0.0497. The molecular weight excluding hydrogens is 360 g/mol. The van der Waals surface area contributed by atoms with Gasteiger partial charge in [-0.25, -0.2) is 4.79 Å².